The molecule has 3 saturated carbocycles. The molecular formula is C33H43N5O4S2. The Labute approximate surface area is 267 Å². The summed E-state index contributed by atoms with van der Waals surface area (Å²) >= 11 is 3.72. The van der Waals surface area contributed by atoms with Crippen LogP contribution in [0, 0.1) is 0 Å². The summed E-state index contributed by atoms with van der Waals surface area (Å²) in [5.74, 6) is 1.41. The van der Waals surface area contributed by atoms with Gasteiger partial charge in [-0.2, -0.15) is 4.68 Å². The Hall–Kier alpha value is -3.05. The maximum absolute atomic E-state index is 12.9. The summed E-state index contributed by atoms with van der Waals surface area (Å²) in [5, 5.41) is 12.9. The van der Waals surface area contributed by atoms with Crippen molar-refractivity contribution < 1.29 is 19.1 Å². The Bertz CT molecular complexity index is 1490. The molecule has 3 fully saturated rings. The molecule has 0 saturated heterocycles. The average molecular weight is 638 g/mol. The topological polar surface area (TPSA) is 107 Å². The Balaban J connectivity index is 1.15. The van der Waals surface area contributed by atoms with E-state index in [9.17, 15) is 9.59 Å². The number of aromatic nitrogens is 3. The molecule has 1 amide bonds. The molecule has 236 valence electrons. The van der Waals surface area contributed by atoms with Crippen LogP contribution in [0.3, 0.4) is 0 Å². The van der Waals surface area contributed by atoms with Gasteiger partial charge in [0, 0.05) is 51.5 Å². The number of hydrogen-bond acceptors (Lipinski definition) is 9. The van der Waals surface area contributed by atoms with Gasteiger partial charge in [0.05, 0.1) is 21.7 Å². The highest BCUT2D eigenvalue weighted by Crippen LogP contribution is 2.46. The van der Waals surface area contributed by atoms with Gasteiger partial charge in [-0.15, -0.1) is 28.2 Å². The van der Waals surface area contributed by atoms with Crippen molar-refractivity contribution in [1.29, 1.82) is 0 Å². The van der Waals surface area contributed by atoms with Crippen molar-refractivity contribution in [2.45, 2.75) is 126 Å². The average Bonchev–Trinajstić information content (AvgIpc) is 3.87. The van der Waals surface area contributed by atoms with Gasteiger partial charge in [0.2, 0.25) is 0 Å². The molecular weight excluding hydrogens is 595 g/mol. The van der Waals surface area contributed by atoms with Crippen molar-refractivity contribution in [1.82, 2.24) is 20.1 Å². The highest BCUT2D eigenvalue weighted by atomic mass is 32.2. The number of anilines is 2. The van der Waals surface area contributed by atoms with E-state index >= 15 is 0 Å². The van der Waals surface area contributed by atoms with Crippen LogP contribution in [0.1, 0.15) is 109 Å². The van der Waals surface area contributed by atoms with Crippen molar-refractivity contribution in [2.75, 3.05) is 5.32 Å². The molecule has 2 aromatic heterocycles. The van der Waals surface area contributed by atoms with Crippen molar-refractivity contribution in [2.24, 2.45) is 0 Å². The second kappa shape index (κ2) is 12.7. The number of alkyl carbamates (subject to hydrolysis) is 1. The monoisotopic (exact) mass is 637 g/mol. The molecule has 3 aromatic rings. The molecule has 2 heterocycles. The smallest absolute Gasteiger partial charge is 0.435 e. The lowest BCUT2D eigenvalue weighted by Crippen LogP contribution is -2.38. The summed E-state index contributed by atoms with van der Waals surface area (Å²) < 4.78 is 12.3. The number of carbonyl (C=O) groups is 2. The molecule has 6 rings (SSSR count). The third-order valence-corrected chi connectivity index (χ3v) is 10.5. The summed E-state index contributed by atoms with van der Waals surface area (Å²) in [6.07, 6.45) is 9.63. The highest BCUT2D eigenvalue weighted by Gasteiger charge is 2.32. The third-order valence-electron chi connectivity index (χ3n) is 7.90. The summed E-state index contributed by atoms with van der Waals surface area (Å²) in [6, 6.07) is 8.61. The van der Waals surface area contributed by atoms with Crippen molar-refractivity contribution in [3.8, 4) is 10.4 Å². The summed E-state index contributed by atoms with van der Waals surface area (Å²) in [5.41, 5.74) is 2.47. The predicted octanol–water partition coefficient (Wildman–Crippen LogP) is 8.83. The van der Waals surface area contributed by atoms with Gasteiger partial charge in [-0.05, 0) is 98.1 Å². The molecule has 3 aliphatic rings. The lowest BCUT2D eigenvalue weighted by Gasteiger charge is -2.28. The predicted molar refractivity (Wildman–Crippen MR) is 175 cm³/mol. The van der Waals surface area contributed by atoms with Crippen LogP contribution in [-0.4, -0.2) is 49.9 Å². The zero-order valence-corrected chi connectivity index (χ0v) is 27.9. The van der Waals surface area contributed by atoms with E-state index in [0.717, 1.165) is 49.9 Å². The lowest BCUT2D eigenvalue weighted by atomic mass is 9.86. The van der Waals surface area contributed by atoms with Crippen LogP contribution in [0.4, 0.5) is 21.1 Å². The van der Waals surface area contributed by atoms with Crippen molar-refractivity contribution >= 4 is 46.8 Å². The second-order valence-electron chi connectivity index (χ2n) is 13.5. The van der Waals surface area contributed by atoms with E-state index in [1.54, 1.807) is 11.3 Å². The zero-order valence-electron chi connectivity index (χ0n) is 26.2. The van der Waals surface area contributed by atoms with Crippen LogP contribution in [0.25, 0.3) is 10.4 Å². The summed E-state index contributed by atoms with van der Waals surface area (Å²) in [4.78, 5) is 32.2. The molecule has 0 radical (unpaired) electrons. The van der Waals surface area contributed by atoms with E-state index in [-0.39, 0.29) is 18.2 Å². The largest absolute Gasteiger partial charge is 0.447 e. The molecule has 11 heteroatoms. The first-order chi connectivity index (χ1) is 21.0. The van der Waals surface area contributed by atoms with Gasteiger partial charge < -0.3 is 20.1 Å². The van der Waals surface area contributed by atoms with E-state index in [0.29, 0.717) is 22.9 Å². The zero-order chi connectivity index (χ0) is 31.0. The number of nitrogens with one attached hydrogen (secondary N) is 2. The van der Waals surface area contributed by atoms with Crippen LogP contribution < -0.4 is 10.6 Å². The van der Waals surface area contributed by atoms with Gasteiger partial charge in [0.1, 0.15) is 5.60 Å². The normalized spacial score (nSPS) is 20.4. The number of nitrogens with zero attached hydrogens (tertiary/aromatic N) is 3. The Morgan fingerprint density at radius 3 is 2.41 bits per heavy atom. The van der Waals surface area contributed by atoms with Crippen LogP contribution in [0.15, 0.2) is 35.4 Å². The van der Waals surface area contributed by atoms with E-state index in [4.69, 9.17) is 14.5 Å². The highest BCUT2D eigenvalue weighted by molar-refractivity contribution is 8.00. The number of thiazole rings is 1. The Morgan fingerprint density at radius 1 is 1.02 bits per heavy atom. The first-order valence-electron chi connectivity index (χ1n) is 15.8. The van der Waals surface area contributed by atoms with Gasteiger partial charge in [-0.1, -0.05) is 6.07 Å². The van der Waals surface area contributed by atoms with Crippen LogP contribution in [-0.2, 0) is 9.47 Å². The first-order valence-corrected chi connectivity index (χ1v) is 17.5. The number of benzene rings is 1. The number of thioether (sulfide) groups is 1. The molecule has 0 spiro atoms. The van der Waals surface area contributed by atoms with E-state index in [1.165, 1.54) is 37.9 Å². The number of carbonyl (C=O) groups excluding carboxylic acids is 2. The fourth-order valence-electron chi connectivity index (χ4n) is 5.49. The molecule has 3 aliphatic carbocycles. The maximum atomic E-state index is 12.9. The van der Waals surface area contributed by atoms with Crippen LogP contribution >= 0.6 is 23.1 Å². The minimum Gasteiger partial charge on any atom is -0.447 e. The standard InChI is InChI=1S/C33H43N5O4S2/c1-19(2)41-31(39)36-22-10-8-21(9-11-22)30-34-18-28(44-30)25-15-12-23(16-27(25)43-24-13-14-24)35-29-17-26(20-6-7-20)38(37-29)32(40)42-33(3,4)5/h12,15-22,24H,6-11,13-14H2,1-5H3,(H,35,37)(H,36,39)/t21-,22-. The first kappa shape index (κ1) is 31.0. The lowest BCUT2D eigenvalue weighted by molar-refractivity contribution is 0.0509. The van der Waals surface area contributed by atoms with E-state index < -0.39 is 11.7 Å². The van der Waals surface area contributed by atoms with Gasteiger partial charge >= 0.3 is 12.2 Å². The molecule has 2 N–H and O–H groups in total. The van der Waals surface area contributed by atoms with Crippen LogP contribution in [0.5, 0.6) is 0 Å². The number of hydrogen-bond donors (Lipinski definition) is 2. The van der Waals surface area contributed by atoms with E-state index in [2.05, 4.69) is 33.9 Å². The molecule has 0 aliphatic heterocycles. The molecule has 1 aromatic carbocycles. The van der Waals surface area contributed by atoms with Crippen molar-refractivity contribution in [3.63, 3.8) is 0 Å². The Kier molecular flexibility index (Phi) is 8.97. The minimum atomic E-state index is -0.585. The van der Waals surface area contributed by atoms with Gasteiger partial charge in [0.25, 0.3) is 0 Å². The van der Waals surface area contributed by atoms with E-state index in [1.807, 2.05) is 58.6 Å². The molecule has 44 heavy (non-hydrogen) atoms. The Morgan fingerprint density at radius 2 is 1.75 bits per heavy atom. The van der Waals surface area contributed by atoms with Gasteiger partial charge in [0.15, 0.2) is 5.82 Å². The maximum Gasteiger partial charge on any atom is 0.435 e. The quantitative estimate of drug-likeness (QED) is 0.240. The fourth-order valence-corrected chi connectivity index (χ4v) is 7.91. The minimum absolute atomic E-state index is 0.115. The molecule has 0 unspecified atom stereocenters. The van der Waals surface area contributed by atoms with Crippen molar-refractivity contribution in [3.05, 3.63) is 41.2 Å². The second-order valence-corrected chi connectivity index (χ2v) is 15.9. The van der Waals surface area contributed by atoms with Gasteiger partial charge in [-0.3, -0.25) is 0 Å². The summed E-state index contributed by atoms with van der Waals surface area (Å²) in [6.45, 7) is 9.33. The number of rotatable bonds is 9. The van der Waals surface area contributed by atoms with Gasteiger partial charge in [-0.25, -0.2) is 14.6 Å². The SMILES string of the molecule is CC(C)OC(=O)N[C@H]1CC[C@H](c2ncc(-c3ccc(Nc4cc(C5CC5)n(C(=O)OC(C)(C)C)n4)cc3SC3CC3)s2)CC1. The number of amides is 1. The molecule has 0 atom stereocenters. The molecule has 9 nitrogen and oxygen atoms in total. The molecule has 0 bridgehead atoms. The fraction of sp³-hybridized carbons (Fsp3) is 0.576. The number of ether oxygens (including phenoxy) is 2. The van der Waals surface area contributed by atoms with Crippen LogP contribution in [0.2, 0.25) is 0 Å². The third kappa shape index (κ3) is 7.96. The summed E-state index contributed by atoms with van der Waals surface area (Å²) in [7, 11) is 0.